The summed E-state index contributed by atoms with van der Waals surface area (Å²) in [7, 11) is 0. The van der Waals surface area contributed by atoms with Gasteiger partial charge in [0.2, 0.25) is 0 Å². The summed E-state index contributed by atoms with van der Waals surface area (Å²) in [5, 5.41) is 8.57. The number of carbonyl (C=O) groups is 1. The molecule has 31 heavy (non-hydrogen) atoms. The molecule has 1 saturated heterocycles. The van der Waals surface area contributed by atoms with Gasteiger partial charge in [0.1, 0.15) is 5.82 Å². The van der Waals surface area contributed by atoms with Crippen molar-refractivity contribution in [2.24, 2.45) is 0 Å². The molecule has 0 spiro atoms. The highest BCUT2D eigenvalue weighted by molar-refractivity contribution is 6.31. The molecule has 0 atom stereocenters. The molecule has 1 N–H and O–H groups in total. The number of carbonyl (C=O) groups excluding carboxylic acids is 1. The van der Waals surface area contributed by atoms with Gasteiger partial charge in [0.15, 0.2) is 5.65 Å². The van der Waals surface area contributed by atoms with Gasteiger partial charge in [-0.3, -0.25) is 9.69 Å². The lowest BCUT2D eigenvalue weighted by Gasteiger charge is -2.28. The minimum Gasteiger partial charge on any atom is -0.328 e. The van der Waals surface area contributed by atoms with Gasteiger partial charge < -0.3 is 10.2 Å². The number of hydrogen-bond acceptors (Lipinski definition) is 5. The van der Waals surface area contributed by atoms with Gasteiger partial charge in [0.05, 0.1) is 35.2 Å². The first kappa shape index (κ1) is 20.4. The standard InChI is InChI=1S/C22H24ClFN6O/c1-13-20(23)14(2)30-21(26-13)18-11-29(12-19(18)27-30)22(31)17-4-3-16(24)9-15(17)10-28-7-5-25-6-8-28/h3-4,9,25H,5-8,10-12H2,1-2H3. The van der Waals surface area contributed by atoms with Gasteiger partial charge in [0.25, 0.3) is 5.91 Å². The average molecular weight is 443 g/mol. The second-order valence-corrected chi connectivity index (χ2v) is 8.62. The number of amides is 1. The maximum atomic E-state index is 14.0. The minimum atomic E-state index is -0.323. The zero-order valence-corrected chi connectivity index (χ0v) is 18.3. The van der Waals surface area contributed by atoms with E-state index in [0.29, 0.717) is 30.2 Å². The van der Waals surface area contributed by atoms with Gasteiger partial charge in [-0.2, -0.15) is 5.10 Å². The molecule has 5 rings (SSSR count). The molecule has 1 aromatic carbocycles. The number of hydrogen-bond donors (Lipinski definition) is 1. The lowest BCUT2D eigenvalue weighted by Crippen LogP contribution is -2.43. The van der Waals surface area contributed by atoms with E-state index in [1.54, 1.807) is 15.5 Å². The van der Waals surface area contributed by atoms with Crippen LogP contribution in [-0.4, -0.2) is 56.5 Å². The fourth-order valence-corrected chi connectivity index (χ4v) is 4.56. The van der Waals surface area contributed by atoms with Crippen LogP contribution in [-0.2, 0) is 19.6 Å². The molecule has 162 valence electrons. The second kappa shape index (κ2) is 7.85. The van der Waals surface area contributed by atoms with Crippen molar-refractivity contribution in [3.05, 3.63) is 62.8 Å². The van der Waals surface area contributed by atoms with Crippen molar-refractivity contribution in [3.8, 4) is 0 Å². The zero-order chi connectivity index (χ0) is 21.7. The number of aromatic nitrogens is 3. The molecule has 0 bridgehead atoms. The van der Waals surface area contributed by atoms with E-state index in [1.807, 2.05) is 13.8 Å². The van der Waals surface area contributed by atoms with Crippen molar-refractivity contribution in [3.63, 3.8) is 0 Å². The van der Waals surface area contributed by atoms with Crippen LogP contribution in [0.3, 0.4) is 0 Å². The Hall–Kier alpha value is -2.55. The Bertz CT molecular complexity index is 1190. The monoisotopic (exact) mass is 442 g/mol. The summed E-state index contributed by atoms with van der Waals surface area (Å²) in [5.74, 6) is -0.431. The maximum absolute atomic E-state index is 14.0. The third kappa shape index (κ3) is 3.58. The third-order valence-corrected chi connectivity index (χ3v) is 6.69. The van der Waals surface area contributed by atoms with Crippen molar-refractivity contribution < 1.29 is 9.18 Å². The Balaban J connectivity index is 1.43. The quantitative estimate of drug-likeness (QED) is 0.675. The predicted octanol–water partition coefficient (Wildman–Crippen LogP) is 2.70. The molecule has 3 aromatic rings. The number of piperazine rings is 1. The van der Waals surface area contributed by atoms with Crippen LogP contribution >= 0.6 is 11.6 Å². The molecule has 7 nitrogen and oxygen atoms in total. The summed E-state index contributed by atoms with van der Waals surface area (Å²) in [6, 6.07) is 4.44. The van der Waals surface area contributed by atoms with Crippen LogP contribution in [0.2, 0.25) is 5.02 Å². The number of nitrogens with zero attached hydrogens (tertiary/aromatic N) is 5. The summed E-state index contributed by atoms with van der Waals surface area (Å²) in [4.78, 5) is 22.0. The van der Waals surface area contributed by atoms with E-state index in [4.69, 9.17) is 11.6 Å². The molecule has 9 heteroatoms. The van der Waals surface area contributed by atoms with Crippen molar-refractivity contribution in [2.75, 3.05) is 26.2 Å². The van der Waals surface area contributed by atoms with Crippen molar-refractivity contribution in [1.82, 2.24) is 29.7 Å². The topological polar surface area (TPSA) is 65.8 Å². The predicted molar refractivity (Wildman–Crippen MR) is 116 cm³/mol. The summed E-state index contributed by atoms with van der Waals surface area (Å²) in [5.41, 5.74) is 5.38. The van der Waals surface area contributed by atoms with E-state index >= 15 is 0 Å². The lowest BCUT2D eigenvalue weighted by atomic mass is 10.0. The molecular weight excluding hydrogens is 419 g/mol. The van der Waals surface area contributed by atoms with E-state index < -0.39 is 0 Å². The maximum Gasteiger partial charge on any atom is 0.254 e. The number of benzene rings is 1. The summed E-state index contributed by atoms with van der Waals surface area (Å²) in [6.07, 6.45) is 0. The summed E-state index contributed by atoms with van der Waals surface area (Å²) in [6.45, 7) is 8.72. The number of halogens is 2. The Labute approximate surface area is 184 Å². The second-order valence-electron chi connectivity index (χ2n) is 8.25. The van der Waals surface area contributed by atoms with E-state index in [-0.39, 0.29) is 11.7 Å². The SMILES string of the molecule is Cc1nc2c3c(nn2c(C)c1Cl)CN(C(=O)c1ccc(F)cc1CN1CCNCC1)C3. The van der Waals surface area contributed by atoms with Crippen molar-refractivity contribution >= 4 is 23.2 Å². The van der Waals surface area contributed by atoms with E-state index in [0.717, 1.165) is 60.0 Å². The van der Waals surface area contributed by atoms with Gasteiger partial charge in [-0.1, -0.05) is 11.6 Å². The van der Waals surface area contributed by atoms with Crippen LogP contribution in [0.4, 0.5) is 4.39 Å². The van der Waals surface area contributed by atoms with Crippen LogP contribution < -0.4 is 5.32 Å². The first-order chi connectivity index (χ1) is 14.9. The first-order valence-corrected chi connectivity index (χ1v) is 10.8. The fourth-order valence-electron chi connectivity index (χ4n) is 4.44. The minimum absolute atomic E-state index is 0.108. The number of nitrogens with one attached hydrogen (secondary N) is 1. The van der Waals surface area contributed by atoms with Gasteiger partial charge >= 0.3 is 0 Å². The molecule has 0 radical (unpaired) electrons. The average Bonchev–Trinajstić information content (AvgIpc) is 3.32. The molecule has 2 aliphatic rings. The van der Waals surface area contributed by atoms with Crippen LogP contribution in [0, 0.1) is 19.7 Å². The van der Waals surface area contributed by atoms with Gasteiger partial charge in [-0.05, 0) is 37.6 Å². The van der Waals surface area contributed by atoms with Crippen LogP contribution in [0.5, 0.6) is 0 Å². The Morgan fingerprint density at radius 1 is 1.23 bits per heavy atom. The largest absolute Gasteiger partial charge is 0.328 e. The van der Waals surface area contributed by atoms with Crippen molar-refractivity contribution in [1.29, 1.82) is 0 Å². The molecular formula is C22H24ClFN6O. The van der Waals surface area contributed by atoms with Gasteiger partial charge in [0, 0.05) is 43.9 Å². The Morgan fingerprint density at radius 3 is 2.77 bits per heavy atom. The number of aryl methyl sites for hydroxylation is 2. The van der Waals surface area contributed by atoms with Crippen LogP contribution in [0.25, 0.3) is 5.65 Å². The van der Waals surface area contributed by atoms with E-state index in [2.05, 4.69) is 20.3 Å². The smallest absolute Gasteiger partial charge is 0.254 e. The molecule has 2 aromatic heterocycles. The van der Waals surface area contributed by atoms with Crippen molar-refractivity contribution in [2.45, 2.75) is 33.5 Å². The Morgan fingerprint density at radius 2 is 2.00 bits per heavy atom. The molecule has 0 saturated carbocycles. The van der Waals surface area contributed by atoms with Crippen LogP contribution in [0.15, 0.2) is 18.2 Å². The highest BCUT2D eigenvalue weighted by atomic mass is 35.5. The first-order valence-electron chi connectivity index (χ1n) is 10.5. The molecule has 2 aliphatic heterocycles. The fraction of sp³-hybridized carbons (Fsp3) is 0.409. The highest BCUT2D eigenvalue weighted by Crippen LogP contribution is 2.30. The number of rotatable bonds is 3. The summed E-state index contributed by atoms with van der Waals surface area (Å²) < 4.78 is 15.8. The third-order valence-electron chi connectivity index (χ3n) is 6.14. The normalized spacial score (nSPS) is 16.8. The number of fused-ring (bicyclic) bond motifs is 3. The molecule has 1 amide bonds. The van der Waals surface area contributed by atoms with Gasteiger partial charge in [-0.25, -0.2) is 13.9 Å². The lowest BCUT2D eigenvalue weighted by molar-refractivity contribution is 0.0747. The molecule has 1 fully saturated rings. The molecule has 4 heterocycles. The Kier molecular flexibility index (Phi) is 5.16. The zero-order valence-electron chi connectivity index (χ0n) is 17.6. The summed E-state index contributed by atoms with van der Waals surface area (Å²) >= 11 is 6.32. The highest BCUT2D eigenvalue weighted by Gasteiger charge is 2.31. The van der Waals surface area contributed by atoms with E-state index in [9.17, 15) is 9.18 Å². The molecule has 0 aliphatic carbocycles. The van der Waals surface area contributed by atoms with Crippen LogP contribution in [0.1, 0.15) is 38.6 Å². The van der Waals surface area contributed by atoms with Gasteiger partial charge in [-0.15, -0.1) is 0 Å². The molecule has 0 unspecified atom stereocenters. The van der Waals surface area contributed by atoms with E-state index in [1.165, 1.54) is 12.1 Å².